The highest BCUT2D eigenvalue weighted by Gasteiger charge is 2.16. The highest BCUT2D eigenvalue weighted by molar-refractivity contribution is 7.89. The van der Waals surface area contributed by atoms with Gasteiger partial charge in [0, 0.05) is 6.54 Å². The first kappa shape index (κ1) is 10.9. The van der Waals surface area contributed by atoms with E-state index in [1.807, 2.05) is 0 Å². The van der Waals surface area contributed by atoms with E-state index >= 15 is 0 Å². The van der Waals surface area contributed by atoms with Crippen LogP contribution >= 0.6 is 0 Å². The lowest BCUT2D eigenvalue weighted by Gasteiger charge is -2.25. The van der Waals surface area contributed by atoms with E-state index in [0.717, 1.165) is 12.5 Å². The molecular weight excluding hydrogens is 188 g/mol. The normalized spacial score (nSPS) is 18.5. The summed E-state index contributed by atoms with van der Waals surface area (Å²) in [4.78, 5) is 0. The largest absolute Gasteiger partial charge is 0.316 e. The smallest absolute Gasteiger partial charge is 0.210 e. The van der Waals surface area contributed by atoms with E-state index in [2.05, 4.69) is 5.32 Å². The molecule has 1 aliphatic rings. The van der Waals surface area contributed by atoms with E-state index in [4.69, 9.17) is 5.14 Å². The molecule has 0 amide bonds. The van der Waals surface area contributed by atoms with E-state index in [9.17, 15) is 8.42 Å². The minimum Gasteiger partial charge on any atom is -0.316 e. The fraction of sp³-hybridized carbons (Fsp3) is 1.00. The second kappa shape index (κ2) is 4.93. The summed E-state index contributed by atoms with van der Waals surface area (Å²) in [5, 5.41) is 7.93. The van der Waals surface area contributed by atoms with Crippen molar-refractivity contribution >= 4 is 10.0 Å². The molecule has 0 heterocycles. The van der Waals surface area contributed by atoms with Gasteiger partial charge in [-0.1, -0.05) is 19.3 Å². The van der Waals surface area contributed by atoms with Crippen LogP contribution in [0.4, 0.5) is 0 Å². The van der Waals surface area contributed by atoms with Gasteiger partial charge in [-0.05, 0) is 18.9 Å². The second-order valence-electron chi connectivity index (χ2n) is 3.70. The van der Waals surface area contributed by atoms with Crippen LogP contribution in [0.5, 0.6) is 0 Å². The summed E-state index contributed by atoms with van der Waals surface area (Å²) in [6.45, 7) is 1.39. The molecule has 0 spiro atoms. The molecule has 1 rings (SSSR count). The molecule has 3 N–H and O–H groups in total. The number of sulfonamides is 1. The third-order valence-electron chi connectivity index (χ3n) is 2.52. The highest BCUT2D eigenvalue weighted by atomic mass is 32.2. The maximum Gasteiger partial charge on any atom is 0.210 e. The van der Waals surface area contributed by atoms with Crippen molar-refractivity contribution in [2.75, 3.05) is 18.8 Å². The van der Waals surface area contributed by atoms with Crippen LogP contribution in [0.2, 0.25) is 0 Å². The molecule has 0 saturated heterocycles. The number of primary sulfonamides is 1. The summed E-state index contributed by atoms with van der Waals surface area (Å²) in [7, 11) is -3.28. The van der Waals surface area contributed by atoms with E-state index < -0.39 is 10.0 Å². The monoisotopic (exact) mass is 206 g/mol. The molecule has 0 aromatic rings. The molecule has 0 aliphatic heterocycles. The Kier molecular flexibility index (Phi) is 4.15. The van der Waals surface area contributed by atoms with Gasteiger partial charge < -0.3 is 5.32 Å². The molecule has 4 nitrogen and oxygen atoms in total. The Hall–Kier alpha value is -0.130. The lowest BCUT2D eigenvalue weighted by atomic mass is 9.83. The lowest BCUT2D eigenvalue weighted by molar-refractivity contribution is 0.293. The maximum atomic E-state index is 10.5. The summed E-state index contributed by atoms with van der Waals surface area (Å²) in [5.74, 6) is 0.916. The molecule has 0 aromatic heterocycles. The van der Waals surface area contributed by atoms with E-state index in [1.54, 1.807) is 0 Å². The van der Waals surface area contributed by atoms with Gasteiger partial charge >= 0.3 is 0 Å². The minimum absolute atomic E-state index is 0.0394. The van der Waals surface area contributed by atoms with E-state index in [-0.39, 0.29) is 5.75 Å². The Bertz CT molecular complexity index is 235. The zero-order chi connectivity index (χ0) is 9.73. The van der Waals surface area contributed by atoms with Crippen LogP contribution in [0, 0.1) is 5.92 Å². The van der Waals surface area contributed by atoms with Gasteiger partial charge in [0.05, 0.1) is 5.75 Å². The standard InChI is InChI=1S/C8H18N2O2S/c9-13(11,12)7-6-10-5-4-8-2-1-3-8/h8,10H,1-7H2,(H2,9,11,12). The Morgan fingerprint density at radius 2 is 2.00 bits per heavy atom. The van der Waals surface area contributed by atoms with Crippen LogP contribution in [0.15, 0.2) is 0 Å². The lowest BCUT2D eigenvalue weighted by Crippen LogP contribution is -2.29. The van der Waals surface area contributed by atoms with Gasteiger partial charge in [0.1, 0.15) is 0 Å². The molecule has 1 saturated carbocycles. The molecule has 0 atom stereocenters. The number of hydrogen-bond acceptors (Lipinski definition) is 3. The summed E-state index contributed by atoms with van der Waals surface area (Å²) >= 11 is 0. The molecule has 13 heavy (non-hydrogen) atoms. The summed E-state index contributed by atoms with van der Waals surface area (Å²) in [6.07, 6.45) is 5.22. The Morgan fingerprint density at radius 1 is 1.31 bits per heavy atom. The van der Waals surface area contributed by atoms with Crippen LogP contribution < -0.4 is 10.5 Å². The fourth-order valence-corrected chi connectivity index (χ4v) is 1.86. The summed E-state index contributed by atoms with van der Waals surface area (Å²) < 4.78 is 21.1. The van der Waals surface area contributed by atoms with Crippen molar-refractivity contribution in [3.05, 3.63) is 0 Å². The van der Waals surface area contributed by atoms with E-state index in [1.165, 1.54) is 25.7 Å². The molecule has 1 aliphatic carbocycles. The fourth-order valence-electron chi connectivity index (χ4n) is 1.43. The van der Waals surface area contributed by atoms with Crippen molar-refractivity contribution in [3.8, 4) is 0 Å². The topological polar surface area (TPSA) is 72.2 Å². The Morgan fingerprint density at radius 3 is 2.46 bits per heavy atom. The molecule has 0 unspecified atom stereocenters. The molecule has 5 heteroatoms. The average Bonchev–Trinajstić information content (AvgIpc) is 1.90. The van der Waals surface area contributed by atoms with Crippen LogP contribution in [0.25, 0.3) is 0 Å². The summed E-state index contributed by atoms with van der Waals surface area (Å²) in [6, 6.07) is 0. The van der Waals surface area contributed by atoms with Crippen molar-refractivity contribution in [3.63, 3.8) is 0 Å². The molecular formula is C8H18N2O2S. The second-order valence-corrected chi connectivity index (χ2v) is 5.44. The number of nitrogens with two attached hydrogens (primary N) is 1. The van der Waals surface area contributed by atoms with Gasteiger partial charge in [-0.25, -0.2) is 13.6 Å². The third-order valence-corrected chi connectivity index (χ3v) is 3.29. The van der Waals surface area contributed by atoms with Crippen molar-refractivity contribution in [1.29, 1.82) is 0 Å². The Labute approximate surface area is 79.9 Å². The van der Waals surface area contributed by atoms with Crippen LogP contribution in [-0.2, 0) is 10.0 Å². The molecule has 0 radical (unpaired) electrons. The van der Waals surface area contributed by atoms with Gasteiger partial charge in [0.15, 0.2) is 0 Å². The minimum atomic E-state index is -3.28. The number of hydrogen-bond donors (Lipinski definition) is 2. The first-order valence-corrected chi connectivity index (χ1v) is 6.50. The Balaban J connectivity index is 1.89. The van der Waals surface area contributed by atoms with Crippen molar-refractivity contribution in [2.24, 2.45) is 11.1 Å². The highest BCUT2D eigenvalue weighted by Crippen LogP contribution is 2.28. The SMILES string of the molecule is NS(=O)(=O)CCNCCC1CCC1. The predicted molar refractivity (Wildman–Crippen MR) is 52.8 cm³/mol. The van der Waals surface area contributed by atoms with Gasteiger partial charge in [0.25, 0.3) is 0 Å². The third kappa shape index (κ3) is 5.23. The molecule has 1 fully saturated rings. The van der Waals surface area contributed by atoms with Crippen LogP contribution in [0.3, 0.4) is 0 Å². The zero-order valence-electron chi connectivity index (χ0n) is 7.83. The average molecular weight is 206 g/mol. The van der Waals surface area contributed by atoms with E-state index in [0.29, 0.717) is 6.54 Å². The van der Waals surface area contributed by atoms with Crippen LogP contribution in [0.1, 0.15) is 25.7 Å². The number of rotatable bonds is 6. The summed E-state index contributed by atoms with van der Waals surface area (Å²) in [5.41, 5.74) is 0. The quantitative estimate of drug-likeness (QED) is 0.603. The van der Waals surface area contributed by atoms with Gasteiger partial charge in [-0.15, -0.1) is 0 Å². The first-order valence-electron chi connectivity index (χ1n) is 4.79. The predicted octanol–water partition coefficient (Wildman–Crippen LogP) is 0.0547. The first-order chi connectivity index (χ1) is 6.08. The van der Waals surface area contributed by atoms with Gasteiger partial charge in [-0.3, -0.25) is 0 Å². The van der Waals surface area contributed by atoms with Crippen molar-refractivity contribution in [2.45, 2.75) is 25.7 Å². The number of nitrogens with one attached hydrogen (secondary N) is 1. The molecule has 78 valence electrons. The van der Waals surface area contributed by atoms with Crippen molar-refractivity contribution in [1.82, 2.24) is 5.32 Å². The van der Waals surface area contributed by atoms with Crippen molar-refractivity contribution < 1.29 is 8.42 Å². The van der Waals surface area contributed by atoms with Gasteiger partial charge in [-0.2, -0.15) is 0 Å². The zero-order valence-corrected chi connectivity index (χ0v) is 8.65. The van der Waals surface area contributed by atoms with Crippen LogP contribution in [-0.4, -0.2) is 27.3 Å². The van der Waals surface area contributed by atoms with Gasteiger partial charge in [0.2, 0.25) is 10.0 Å². The maximum absolute atomic E-state index is 10.5. The molecule has 0 bridgehead atoms. The molecule has 0 aromatic carbocycles.